The number of hydrogen-bond acceptors (Lipinski definition) is 2. The Labute approximate surface area is 118 Å². The van der Waals surface area contributed by atoms with E-state index < -0.39 is 5.60 Å². The fraction of sp³-hybridized carbons (Fsp3) is 0.647. The lowest BCUT2D eigenvalue weighted by Crippen LogP contribution is -2.40. The predicted octanol–water partition coefficient (Wildman–Crippen LogP) is 3.38. The van der Waals surface area contributed by atoms with Gasteiger partial charge < -0.3 is 10.4 Å². The third-order valence-corrected chi connectivity index (χ3v) is 3.39. The Morgan fingerprint density at radius 1 is 1.11 bits per heavy atom. The lowest BCUT2D eigenvalue weighted by Gasteiger charge is -2.27. The number of aryl methyl sites for hydroxylation is 2. The van der Waals surface area contributed by atoms with Crippen LogP contribution in [0.2, 0.25) is 0 Å². The summed E-state index contributed by atoms with van der Waals surface area (Å²) in [5.41, 5.74) is 3.21. The molecule has 0 radical (unpaired) electrons. The van der Waals surface area contributed by atoms with Gasteiger partial charge in [0.05, 0.1) is 5.60 Å². The highest BCUT2D eigenvalue weighted by Gasteiger charge is 2.22. The molecular formula is C17H29NO. The van der Waals surface area contributed by atoms with E-state index in [1.807, 2.05) is 6.92 Å². The Balaban J connectivity index is 2.61. The monoisotopic (exact) mass is 263 g/mol. The number of hydrogen-bond donors (Lipinski definition) is 2. The van der Waals surface area contributed by atoms with Crippen molar-refractivity contribution in [2.24, 2.45) is 0 Å². The Hall–Kier alpha value is -0.860. The summed E-state index contributed by atoms with van der Waals surface area (Å²) in [6.07, 6.45) is 1.48. The first-order chi connectivity index (χ1) is 8.59. The van der Waals surface area contributed by atoms with Crippen LogP contribution in [0, 0.1) is 13.8 Å². The van der Waals surface area contributed by atoms with Crippen molar-refractivity contribution < 1.29 is 5.11 Å². The quantitative estimate of drug-likeness (QED) is 0.853. The van der Waals surface area contributed by atoms with Gasteiger partial charge >= 0.3 is 0 Å². The molecule has 0 aliphatic heterocycles. The zero-order valence-electron chi connectivity index (χ0n) is 13.3. The van der Waals surface area contributed by atoms with Gasteiger partial charge in [-0.2, -0.15) is 0 Å². The maximum absolute atomic E-state index is 10.5. The fourth-order valence-electron chi connectivity index (χ4n) is 2.20. The second kappa shape index (κ2) is 6.06. The molecule has 0 bridgehead atoms. The van der Waals surface area contributed by atoms with Gasteiger partial charge in [0.15, 0.2) is 0 Å². The second-order valence-corrected chi connectivity index (χ2v) is 7.03. The molecule has 1 atom stereocenters. The lowest BCUT2D eigenvalue weighted by molar-refractivity contribution is 0.0498. The normalized spacial score (nSPS) is 15.3. The molecule has 0 amide bonds. The minimum atomic E-state index is -0.656. The first-order valence-electron chi connectivity index (χ1n) is 7.13. The average Bonchev–Trinajstić information content (AvgIpc) is 2.20. The molecule has 108 valence electrons. The zero-order chi connectivity index (χ0) is 14.7. The molecule has 2 heteroatoms. The van der Waals surface area contributed by atoms with Crippen LogP contribution < -0.4 is 5.32 Å². The molecule has 0 saturated carbocycles. The highest BCUT2D eigenvalue weighted by Crippen LogP contribution is 2.20. The number of benzene rings is 1. The van der Waals surface area contributed by atoms with E-state index in [9.17, 15) is 5.11 Å². The van der Waals surface area contributed by atoms with Gasteiger partial charge in [-0.05, 0) is 65.6 Å². The highest BCUT2D eigenvalue weighted by atomic mass is 16.3. The van der Waals surface area contributed by atoms with E-state index in [4.69, 9.17) is 0 Å². The van der Waals surface area contributed by atoms with Crippen molar-refractivity contribution in [3.05, 3.63) is 34.9 Å². The minimum absolute atomic E-state index is 0.106. The summed E-state index contributed by atoms with van der Waals surface area (Å²) in [6.45, 7) is 13.4. The Kier molecular flexibility index (Phi) is 5.17. The van der Waals surface area contributed by atoms with Gasteiger partial charge in [-0.1, -0.05) is 23.8 Å². The number of rotatable bonds is 5. The van der Waals surface area contributed by atoms with Crippen LogP contribution in [-0.2, 0) is 6.42 Å². The summed E-state index contributed by atoms with van der Waals surface area (Å²) in [5.74, 6) is 0. The summed E-state index contributed by atoms with van der Waals surface area (Å²) < 4.78 is 0. The molecular weight excluding hydrogens is 234 g/mol. The van der Waals surface area contributed by atoms with Crippen LogP contribution in [0.3, 0.4) is 0 Å². The van der Waals surface area contributed by atoms with E-state index in [0.717, 1.165) is 13.0 Å². The van der Waals surface area contributed by atoms with Gasteiger partial charge in [0.25, 0.3) is 0 Å². The van der Waals surface area contributed by atoms with Crippen LogP contribution in [-0.4, -0.2) is 22.8 Å². The smallest absolute Gasteiger partial charge is 0.0672 e. The third kappa shape index (κ3) is 6.22. The molecule has 1 unspecified atom stereocenters. The zero-order valence-corrected chi connectivity index (χ0v) is 13.3. The molecule has 1 rings (SSSR count). The molecule has 0 saturated heterocycles. The van der Waals surface area contributed by atoms with Crippen molar-refractivity contribution in [1.82, 2.24) is 5.32 Å². The van der Waals surface area contributed by atoms with E-state index in [-0.39, 0.29) is 5.54 Å². The Bertz CT molecular complexity index is 416. The van der Waals surface area contributed by atoms with Crippen molar-refractivity contribution >= 4 is 0 Å². The van der Waals surface area contributed by atoms with Crippen molar-refractivity contribution in [2.45, 2.75) is 65.5 Å². The minimum Gasteiger partial charge on any atom is -0.390 e. The van der Waals surface area contributed by atoms with Crippen LogP contribution in [0.1, 0.15) is 50.8 Å². The Morgan fingerprint density at radius 2 is 1.74 bits per heavy atom. The predicted molar refractivity (Wildman–Crippen MR) is 82.6 cm³/mol. The van der Waals surface area contributed by atoms with Crippen LogP contribution >= 0.6 is 0 Å². The molecule has 0 fully saturated rings. The molecule has 1 aromatic carbocycles. The first kappa shape index (κ1) is 16.2. The summed E-state index contributed by atoms with van der Waals surface area (Å²) in [4.78, 5) is 0. The molecule has 0 aliphatic carbocycles. The maximum Gasteiger partial charge on any atom is 0.0672 e. The van der Waals surface area contributed by atoms with E-state index in [1.54, 1.807) is 0 Å². The molecule has 1 aromatic rings. The van der Waals surface area contributed by atoms with Gasteiger partial charge in [0, 0.05) is 12.0 Å². The van der Waals surface area contributed by atoms with Crippen LogP contribution in [0.4, 0.5) is 0 Å². The maximum atomic E-state index is 10.5. The second-order valence-electron chi connectivity index (χ2n) is 7.03. The summed E-state index contributed by atoms with van der Waals surface area (Å²) in [5, 5.41) is 14.0. The van der Waals surface area contributed by atoms with Crippen molar-refractivity contribution in [3.8, 4) is 0 Å². The van der Waals surface area contributed by atoms with E-state index >= 15 is 0 Å². The fourth-order valence-corrected chi connectivity index (χ4v) is 2.20. The van der Waals surface area contributed by atoms with Gasteiger partial charge in [-0.3, -0.25) is 0 Å². The van der Waals surface area contributed by atoms with Crippen LogP contribution in [0.15, 0.2) is 18.2 Å². The molecule has 0 aliphatic rings. The van der Waals surface area contributed by atoms with Crippen LogP contribution in [0.25, 0.3) is 0 Å². The molecule has 0 spiro atoms. The molecule has 0 aromatic heterocycles. The lowest BCUT2D eigenvalue weighted by atomic mass is 9.90. The van der Waals surface area contributed by atoms with Crippen molar-refractivity contribution in [2.75, 3.05) is 6.54 Å². The van der Waals surface area contributed by atoms with Gasteiger partial charge in [-0.15, -0.1) is 0 Å². The largest absolute Gasteiger partial charge is 0.390 e. The first-order valence-corrected chi connectivity index (χ1v) is 7.13. The summed E-state index contributed by atoms with van der Waals surface area (Å²) >= 11 is 0. The topological polar surface area (TPSA) is 32.3 Å². The summed E-state index contributed by atoms with van der Waals surface area (Å²) in [7, 11) is 0. The van der Waals surface area contributed by atoms with Crippen LogP contribution in [0.5, 0.6) is 0 Å². The molecule has 2 N–H and O–H groups in total. The Morgan fingerprint density at radius 3 is 2.32 bits per heavy atom. The highest BCUT2D eigenvalue weighted by molar-refractivity contribution is 5.31. The average molecular weight is 263 g/mol. The number of aliphatic hydroxyl groups is 1. The van der Waals surface area contributed by atoms with E-state index in [2.05, 4.69) is 58.1 Å². The van der Waals surface area contributed by atoms with E-state index in [1.165, 1.54) is 16.7 Å². The molecule has 2 nitrogen and oxygen atoms in total. The van der Waals surface area contributed by atoms with Gasteiger partial charge in [0.2, 0.25) is 0 Å². The third-order valence-electron chi connectivity index (χ3n) is 3.39. The molecule has 0 heterocycles. The van der Waals surface area contributed by atoms with Gasteiger partial charge in [-0.25, -0.2) is 0 Å². The van der Waals surface area contributed by atoms with Crippen molar-refractivity contribution in [3.63, 3.8) is 0 Å². The number of nitrogens with one attached hydrogen (secondary N) is 1. The van der Waals surface area contributed by atoms with Crippen molar-refractivity contribution in [1.29, 1.82) is 0 Å². The standard InChI is InChI=1S/C17H29NO/c1-13-7-8-14(2)15(11-13)12-17(6,19)9-10-18-16(3,4)5/h7-8,11,18-19H,9-10,12H2,1-6H3. The van der Waals surface area contributed by atoms with E-state index in [0.29, 0.717) is 6.42 Å². The SMILES string of the molecule is Cc1ccc(C)c(CC(C)(O)CCNC(C)(C)C)c1. The van der Waals surface area contributed by atoms with Gasteiger partial charge in [0.1, 0.15) is 0 Å². The molecule has 19 heavy (non-hydrogen) atoms. The summed E-state index contributed by atoms with van der Waals surface area (Å²) in [6, 6.07) is 6.43.